The SMILES string of the molecule is CC(C)(C)CC(=O)Cc1cc(C(C)(C)C)on1. The largest absolute Gasteiger partial charge is 0.361 e. The number of hydrogen-bond donors (Lipinski definition) is 0. The van der Waals surface area contributed by atoms with Gasteiger partial charge in [-0.25, -0.2) is 0 Å². The first-order valence-corrected chi connectivity index (χ1v) is 6.06. The lowest BCUT2D eigenvalue weighted by Crippen LogP contribution is -2.14. The first kappa shape index (κ1) is 13.9. The molecule has 0 fully saturated rings. The lowest BCUT2D eigenvalue weighted by atomic mass is 9.88. The first-order chi connectivity index (χ1) is 7.58. The Morgan fingerprint density at radius 3 is 2.24 bits per heavy atom. The van der Waals surface area contributed by atoms with Crippen molar-refractivity contribution in [1.29, 1.82) is 0 Å². The van der Waals surface area contributed by atoms with E-state index in [1.165, 1.54) is 0 Å². The highest BCUT2D eigenvalue weighted by Gasteiger charge is 2.21. The molecule has 96 valence electrons. The van der Waals surface area contributed by atoms with E-state index in [-0.39, 0.29) is 16.6 Å². The van der Waals surface area contributed by atoms with Gasteiger partial charge in [-0.3, -0.25) is 4.79 Å². The Kier molecular flexibility index (Phi) is 3.80. The van der Waals surface area contributed by atoms with Crippen molar-refractivity contribution in [2.75, 3.05) is 0 Å². The van der Waals surface area contributed by atoms with E-state index < -0.39 is 0 Å². The van der Waals surface area contributed by atoms with Gasteiger partial charge in [0.25, 0.3) is 0 Å². The standard InChI is InChI=1S/C14H23NO2/c1-13(2,3)9-11(16)7-10-8-12(17-15-10)14(4,5)6/h8H,7,9H2,1-6H3. The first-order valence-electron chi connectivity index (χ1n) is 6.06. The highest BCUT2D eigenvalue weighted by Crippen LogP contribution is 2.24. The number of carbonyl (C=O) groups is 1. The van der Waals surface area contributed by atoms with Gasteiger partial charge < -0.3 is 4.52 Å². The summed E-state index contributed by atoms with van der Waals surface area (Å²) in [6.45, 7) is 12.4. The average Bonchev–Trinajstić information content (AvgIpc) is 2.47. The summed E-state index contributed by atoms with van der Waals surface area (Å²) < 4.78 is 5.26. The summed E-state index contributed by atoms with van der Waals surface area (Å²) in [4.78, 5) is 11.8. The molecule has 0 aliphatic rings. The Hall–Kier alpha value is -1.12. The van der Waals surface area contributed by atoms with Crippen molar-refractivity contribution in [3.63, 3.8) is 0 Å². The van der Waals surface area contributed by atoms with Gasteiger partial charge in [0.05, 0.1) is 12.1 Å². The number of carbonyl (C=O) groups excluding carboxylic acids is 1. The zero-order chi connectivity index (χ0) is 13.3. The predicted octanol–water partition coefficient (Wildman–Crippen LogP) is 3.52. The van der Waals surface area contributed by atoms with E-state index in [0.29, 0.717) is 12.8 Å². The van der Waals surface area contributed by atoms with Gasteiger partial charge in [0.2, 0.25) is 0 Å². The van der Waals surface area contributed by atoms with Gasteiger partial charge in [0, 0.05) is 17.9 Å². The molecule has 0 unspecified atom stereocenters. The Morgan fingerprint density at radius 1 is 1.24 bits per heavy atom. The summed E-state index contributed by atoms with van der Waals surface area (Å²) in [5.74, 6) is 1.04. The maximum atomic E-state index is 11.8. The van der Waals surface area contributed by atoms with E-state index in [1.807, 2.05) is 6.07 Å². The Morgan fingerprint density at radius 2 is 1.82 bits per heavy atom. The molecule has 1 heterocycles. The lowest BCUT2D eigenvalue weighted by molar-refractivity contribution is -0.120. The van der Waals surface area contributed by atoms with Crippen LogP contribution in [0.25, 0.3) is 0 Å². The second kappa shape index (κ2) is 4.63. The third-order valence-corrected chi connectivity index (χ3v) is 2.40. The monoisotopic (exact) mass is 237 g/mol. The fraction of sp³-hybridized carbons (Fsp3) is 0.714. The van der Waals surface area contributed by atoms with Crippen LogP contribution >= 0.6 is 0 Å². The third kappa shape index (κ3) is 4.72. The van der Waals surface area contributed by atoms with Crippen molar-refractivity contribution in [2.45, 2.75) is 59.8 Å². The molecular weight excluding hydrogens is 214 g/mol. The molecule has 0 radical (unpaired) electrons. The van der Waals surface area contributed by atoms with E-state index in [4.69, 9.17) is 4.52 Å². The van der Waals surface area contributed by atoms with Crippen molar-refractivity contribution < 1.29 is 9.32 Å². The number of hydrogen-bond acceptors (Lipinski definition) is 3. The minimum Gasteiger partial charge on any atom is -0.361 e. The quantitative estimate of drug-likeness (QED) is 0.807. The molecule has 1 rings (SSSR count). The van der Waals surface area contributed by atoms with Crippen LogP contribution in [0.3, 0.4) is 0 Å². The molecule has 1 aromatic rings. The summed E-state index contributed by atoms with van der Waals surface area (Å²) >= 11 is 0. The highest BCUT2D eigenvalue weighted by molar-refractivity contribution is 5.81. The number of ketones is 1. The maximum Gasteiger partial charge on any atom is 0.142 e. The second-order valence-electron chi connectivity index (χ2n) is 6.89. The van der Waals surface area contributed by atoms with Gasteiger partial charge in [-0.1, -0.05) is 46.7 Å². The van der Waals surface area contributed by atoms with Gasteiger partial charge in [-0.2, -0.15) is 0 Å². The molecule has 0 N–H and O–H groups in total. The molecule has 0 spiro atoms. The summed E-state index contributed by atoms with van der Waals surface area (Å²) in [7, 11) is 0. The van der Waals surface area contributed by atoms with Crippen LogP contribution in [0.4, 0.5) is 0 Å². The van der Waals surface area contributed by atoms with E-state index in [1.54, 1.807) is 0 Å². The van der Waals surface area contributed by atoms with Crippen LogP contribution in [-0.4, -0.2) is 10.9 Å². The van der Waals surface area contributed by atoms with Crippen molar-refractivity contribution >= 4 is 5.78 Å². The summed E-state index contributed by atoms with van der Waals surface area (Å²) in [5.41, 5.74) is 0.718. The second-order valence-corrected chi connectivity index (χ2v) is 6.89. The van der Waals surface area contributed by atoms with E-state index in [9.17, 15) is 4.79 Å². The van der Waals surface area contributed by atoms with Crippen LogP contribution in [-0.2, 0) is 16.6 Å². The van der Waals surface area contributed by atoms with E-state index in [2.05, 4.69) is 46.7 Å². The average molecular weight is 237 g/mol. The fourth-order valence-electron chi connectivity index (χ4n) is 1.60. The Bertz CT molecular complexity index is 391. The zero-order valence-corrected chi connectivity index (χ0v) is 11.8. The molecule has 0 aliphatic heterocycles. The van der Waals surface area contributed by atoms with Crippen molar-refractivity contribution in [3.8, 4) is 0 Å². The van der Waals surface area contributed by atoms with E-state index in [0.717, 1.165) is 11.5 Å². The highest BCUT2D eigenvalue weighted by atomic mass is 16.5. The molecular formula is C14H23NO2. The summed E-state index contributed by atoms with van der Waals surface area (Å²) in [6, 6.07) is 1.89. The molecule has 3 heteroatoms. The molecule has 0 aliphatic carbocycles. The number of aromatic nitrogens is 1. The number of Topliss-reactive ketones (excluding diaryl/α,β-unsaturated/α-hetero) is 1. The van der Waals surface area contributed by atoms with Crippen LogP contribution in [0.2, 0.25) is 0 Å². The van der Waals surface area contributed by atoms with Crippen molar-refractivity contribution in [3.05, 3.63) is 17.5 Å². The normalized spacial score (nSPS) is 12.8. The topological polar surface area (TPSA) is 43.1 Å². The van der Waals surface area contributed by atoms with Crippen LogP contribution in [0.1, 0.15) is 59.4 Å². The molecule has 0 saturated carbocycles. The Labute approximate surface area is 104 Å². The fourth-order valence-corrected chi connectivity index (χ4v) is 1.60. The van der Waals surface area contributed by atoms with E-state index >= 15 is 0 Å². The van der Waals surface area contributed by atoms with Crippen molar-refractivity contribution in [2.24, 2.45) is 5.41 Å². The number of rotatable bonds is 3. The molecule has 0 atom stereocenters. The zero-order valence-electron chi connectivity index (χ0n) is 11.8. The maximum absolute atomic E-state index is 11.8. The van der Waals surface area contributed by atoms with Crippen LogP contribution in [0.15, 0.2) is 10.6 Å². The molecule has 3 nitrogen and oxygen atoms in total. The van der Waals surface area contributed by atoms with Crippen LogP contribution in [0, 0.1) is 5.41 Å². The van der Waals surface area contributed by atoms with Crippen molar-refractivity contribution in [1.82, 2.24) is 5.16 Å². The van der Waals surface area contributed by atoms with Gasteiger partial charge in [0.1, 0.15) is 11.5 Å². The Balaban J connectivity index is 2.65. The molecule has 0 saturated heterocycles. The minimum absolute atomic E-state index is 0.0354. The minimum atomic E-state index is -0.0572. The van der Waals surface area contributed by atoms with Crippen LogP contribution in [0.5, 0.6) is 0 Å². The lowest BCUT2D eigenvalue weighted by Gasteiger charge is -2.16. The molecule has 1 aromatic heterocycles. The summed E-state index contributed by atoms with van der Waals surface area (Å²) in [5, 5.41) is 3.96. The van der Waals surface area contributed by atoms with Gasteiger partial charge >= 0.3 is 0 Å². The third-order valence-electron chi connectivity index (χ3n) is 2.40. The molecule has 0 bridgehead atoms. The van der Waals surface area contributed by atoms with Gasteiger partial charge in [-0.05, 0) is 5.41 Å². The molecule has 0 amide bonds. The van der Waals surface area contributed by atoms with Gasteiger partial charge in [0.15, 0.2) is 0 Å². The van der Waals surface area contributed by atoms with Crippen LogP contribution < -0.4 is 0 Å². The predicted molar refractivity (Wildman–Crippen MR) is 68.0 cm³/mol. The van der Waals surface area contributed by atoms with Gasteiger partial charge in [-0.15, -0.1) is 0 Å². The molecule has 17 heavy (non-hydrogen) atoms. The molecule has 0 aromatic carbocycles. The number of nitrogens with zero attached hydrogens (tertiary/aromatic N) is 1. The smallest absolute Gasteiger partial charge is 0.142 e. The summed E-state index contributed by atoms with van der Waals surface area (Å²) in [6.07, 6.45) is 0.946.